The number of nitrogens with one attached hydrogen (secondary N) is 1. The van der Waals surface area contributed by atoms with E-state index in [4.69, 9.17) is 14.2 Å². The number of fused-ring (bicyclic) bond motifs is 1. The number of anilines is 1. The Morgan fingerprint density at radius 2 is 1.95 bits per heavy atom. The summed E-state index contributed by atoms with van der Waals surface area (Å²) in [7, 11) is 0. The molecule has 1 N–H and O–H groups in total. The van der Waals surface area contributed by atoms with Crippen LogP contribution in [0.1, 0.15) is 0 Å². The summed E-state index contributed by atoms with van der Waals surface area (Å²) in [5, 5.41) is 2.79. The first-order valence-corrected chi connectivity index (χ1v) is 7.86. The van der Waals surface area contributed by atoms with Gasteiger partial charge in [-0.25, -0.2) is 0 Å². The van der Waals surface area contributed by atoms with E-state index in [2.05, 4.69) is 27.9 Å². The quantitative estimate of drug-likeness (QED) is 0.786. The Morgan fingerprint density at radius 1 is 1.14 bits per heavy atom. The number of ether oxygens (including phenoxy) is 3. The number of carbonyl (C=O) groups is 1. The fourth-order valence-corrected chi connectivity index (χ4v) is 2.57. The maximum Gasteiger partial charge on any atom is 0.262 e. The van der Waals surface area contributed by atoms with Gasteiger partial charge < -0.3 is 19.5 Å². The van der Waals surface area contributed by atoms with Crippen molar-refractivity contribution >= 4 is 34.2 Å². The smallest absolute Gasteiger partial charge is 0.262 e. The van der Waals surface area contributed by atoms with Gasteiger partial charge in [0.15, 0.2) is 18.1 Å². The lowest BCUT2D eigenvalue weighted by Crippen LogP contribution is -2.20. The second-order valence-corrected chi connectivity index (χ2v) is 5.90. The van der Waals surface area contributed by atoms with Crippen LogP contribution in [0.3, 0.4) is 0 Å². The van der Waals surface area contributed by atoms with E-state index in [1.54, 1.807) is 18.2 Å². The van der Waals surface area contributed by atoms with Gasteiger partial charge in [0.05, 0.1) is 0 Å². The lowest BCUT2D eigenvalue weighted by molar-refractivity contribution is -0.118. The van der Waals surface area contributed by atoms with E-state index in [1.807, 2.05) is 24.3 Å². The van der Waals surface area contributed by atoms with Crippen molar-refractivity contribution in [2.75, 3.05) is 25.1 Å². The van der Waals surface area contributed by atoms with Crippen LogP contribution < -0.4 is 19.5 Å². The molecule has 0 spiro atoms. The minimum atomic E-state index is -0.211. The van der Waals surface area contributed by atoms with Crippen LogP contribution in [-0.2, 0) is 4.79 Å². The SMILES string of the molecule is O=C(COc1ccc2c(c1)OCCO2)Nc1cccc(I)c1. The van der Waals surface area contributed by atoms with Gasteiger partial charge in [-0.05, 0) is 52.9 Å². The van der Waals surface area contributed by atoms with Crippen LogP contribution in [0, 0.1) is 3.57 Å². The van der Waals surface area contributed by atoms with Gasteiger partial charge in [0.1, 0.15) is 19.0 Å². The highest BCUT2D eigenvalue weighted by Gasteiger charge is 2.12. The molecule has 0 aromatic heterocycles. The van der Waals surface area contributed by atoms with Gasteiger partial charge >= 0.3 is 0 Å². The molecule has 1 aliphatic rings. The van der Waals surface area contributed by atoms with Gasteiger partial charge in [-0.1, -0.05) is 6.07 Å². The molecular weight excluding hydrogens is 397 g/mol. The highest BCUT2D eigenvalue weighted by Crippen LogP contribution is 2.33. The monoisotopic (exact) mass is 411 g/mol. The van der Waals surface area contributed by atoms with E-state index in [9.17, 15) is 4.79 Å². The van der Waals surface area contributed by atoms with Crippen molar-refractivity contribution in [3.05, 3.63) is 46.0 Å². The third kappa shape index (κ3) is 3.82. The van der Waals surface area contributed by atoms with E-state index in [0.717, 1.165) is 9.26 Å². The number of hydrogen-bond acceptors (Lipinski definition) is 4. The molecule has 0 fully saturated rings. The molecule has 114 valence electrons. The Bertz CT molecular complexity index is 690. The topological polar surface area (TPSA) is 56.8 Å². The summed E-state index contributed by atoms with van der Waals surface area (Å²) in [6.07, 6.45) is 0. The predicted molar refractivity (Wildman–Crippen MR) is 90.7 cm³/mol. The maximum atomic E-state index is 11.9. The first-order valence-electron chi connectivity index (χ1n) is 6.78. The molecule has 0 aliphatic carbocycles. The van der Waals surface area contributed by atoms with Crippen molar-refractivity contribution in [3.63, 3.8) is 0 Å². The van der Waals surface area contributed by atoms with E-state index in [0.29, 0.717) is 30.5 Å². The summed E-state index contributed by atoms with van der Waals surface area (Å²) in [4.78, 5) is 11.9. The van der Waals surface area contributed by atoms with Gasteiger partial charge in [0.25, 0.3) is 5.91 Å². The molecule has 0 saturated heterocycles. The largest absolute Gasteiger partial charge is 0.486 e. The highest BCUT2D eigenvalue weighted by molar-refractivity contribution is 14.1. The standard InChI is InChI=1S/C16H14INO4/c17-11-2-1-3-12(8-11)18-16(19)10-22-13-4-5-14-15(9-13)21-7-6-20-14/h1-5,8-9H,6-7,10H2,(H,18,19). The summed E-state index contributed by atoms with van der Waals surface area (Å²) in [6, 6.07) is 12.8. The zero-order valence-corrected chi connectivity index (χ0v) is 13.8. The van der Waals surface area contributed by atoms with Crippen molar-refractivity contribution in [2.45, 2.75) is 0 Å². The first kappa shape index (κ1) is 15.0. The Morgan fingerprint density at radius 3 is 2.77 bits per heavy atom. The van der Waals surface area contributed by atoms with E-state index in [1.165, 1.54) is 0 Å². The lowest BCUT2D eigenvalue weighted by Gasteiger charge is -2.18. The van der Waals surface area contributed by atoms with Crippen molar-refractivity contribution < 1.29 is 19.0 Å². The molecular formula is C16H14INO4. The Hall–Kier alpha value is -1.96. The molecule has 0 saturated carbocycles. The molecule has 0 radical (unpaired) electrons. The third-order valence-corrected chi connectivity index (χ3v) is 3.66. The predicted octanol–water partition coefficient (Wildman–Crippen LogP) is 3.08. The average Bonchev–Trinajstić information content (AvgIpc) is 2.53. The van der Waals surface area contributed by atoms with Gasteiger partial charge in [0.2, 0.25) is 0 Å². The van der Waals surface area contributed by atoms with E-state index < -0.39 is 0 Å². The van der Waals surface area contributed by atoms with Crippen LogP contribution in [0.4, 0.5) is 5.69 Å². The van der Waals surface area contributed by atoms with Gasteiger partial charge in [-0.3, -0.25) is 4.79 Å². The molecule has 0 unspecified atom stereocenters. The Labute approximate surface area is 141 Å². The Balaban J connectivity index is 1.57. The molecule has 0 bridgehead atoms. The summed E-state index contributed by atoms with van der Waals surface area (Å²) in [5.74, 6) is 1.70. The molecule has 6 heteroatoms. The molecule has 1 heterocycles. The Kier molecular flexibility index (Phi) is 4.67. The zero-order chi connectivity index (χ0) is 15.4. The molecule has 5 nitrogen and oxygen atoms in total. The van der Waals surface area contributed by atoms with Crippen LogP contribution in [0.25, 0.3) is 0 Å². The first-order chi connectivity index (χ1) is 10.7. The van der Waals surface area contributed by atoms with Crippen molar-refractivity contribution in [1.29, 1.82) is 0 Å². The molecule has 22 heavy (non-hydrogen) atoms. The number of halogens is 1. The molecule has 1 aliphatic heterocycles. The van der Waals surface area contributed by atoms with Crippen LogP contribution in [0.2, 0.25) is 0 Å². The number of carbonyl (C=O) groups excluding carboxylic acids is 1. The normalized spacial score (nSPS) is 12.6. The minimum Gasteiger partial charge on any atom is -0.486 e. The fraction of sp³-hybridized carbons (Fsp3) is 0.188. The lowest BCUT2D eigenvalue weighted by atomic mass is 10.3. The second-order valence-electron chi connectivity index (χ2n) is 4.65. The van der Waals surface area contributed by atoms with Crippen molar-refractivity contribution in [2.24, 2.45) is 0 Å². The van der Waals surface area contributed by atoms with E-state index >= 15 is 0 Å². The second kappa shape index (κ2) is 6.87. The average molecular weight is 411 g/mol. The molecule has 3 rings (SSSR count). The number of benzene rings is 2. The summed E-state index contributed by atoms with van der Waals surface area (Å²) < 4.78 is 17.5. The van der Waals surface area contributed by atoms with Crippen molar-refractivity contribution in [3.8, 4) is 17.2 Å². The molecule has 2 aromatic rings. The van der Waals surface area contributed by atoms with Gasteiger partial charge in [0, 0.05) is 15.3 Å². The summed E-state index contributed by atoms with van der Waals surface area (Å²) >= 11 is 2.19. The molecule has 2 aromatic carbocycles. The van der Waals surface area contributed by atoms with Crippen LogP contribution in [0.15, 0.2) is 42.5 Å². The number of hydrogen-bond donors (Lipinski definition) is 1. The van der Waals surface area contributed by atoms with Crippen LogP contribution >= 0.6 is 22.6 Å². The number of amides is 1. The zero-order valence-electron chi connectivity index (χ0n) is 11.7. The van der Waals surface area contributed by atoms with Crippen LogP contribution in [0.5, 0.6) is 17.2 Å². The third-order valence-electron chi connectivity index (χ3n) is 2.99. The molecule has 0 atom stereocenters. The summed E-state index contributed by atoms with van der Waals surface area (Å²) in [5.41, 5.74) is 0.752. The fourth-order valence-electron chi connectivity index (χ4n) is 2.03. The summed E-state index contributed by atoms with van der Waals surface area (Å²) in [6.45, 7) is 1.00. The van der Waals surface area contributed by atoms with Gasteiger partial charge in [-0.2, -0.15) is 0 Å². The van der Waals surface area contributed by atoms with Gasteiger partial charge in [-0.15, -0.1) is 0 Å². The molecule has 1 amide bonds. The van der Waals surface area contributed by atoms with Crippen LogP contribution in [-0.4, -0.2) is 25.7 Å². The maximum absolute atomic E-state index is 11.9. The number of rotatable bonds is 4. The van der Waals surface area contributed by atoms with E-state index in [-0.39, 0.29) is 12.5 Å². The minimum absolute atomic E-state index is 0.0644. The van der Waals surface area contributed by atoms with Crippen molar-refractivity contribution in [1.82, 2.24) is 0 Å². The highest BCUT2D eigenvalue weighted by atomic mass is 127.